The Morgan fingerprint density at radius 3 is 2.71 bits per heavy atom. The number of hydrogen-bond donors (Lipinski definition) is 1. The van der Waals surface area contributed by atoms with E-state index in [-0.39, 0.29) is 30.3 Å². The molecular weight excluding hydrogens is 242 g/mol. The average Bonchev–Trinajstić information content (AvgIpc) is 2.30. The molecule has 0 fully saturated rings. The minimum absolute atomic E-state index is 0.120. The maximum absolute atomic E-state index is 11.6. The van der Waals surface area contributed by atoms with Gasteiger partial charge in [0, 0.05) is 23.6 Å². The Labute approximate surface area is 105 Å². The molecule has 4 nitrogen and oxygen atoms in total. The van der Waals surface area contributed by atoms with Gasteiger partial charge in [-0.15, -0.1) is 11.6 Å². The van der Waals surface area contributed by atoms with E-state index < -0.39 is 5.97 Å². The van der Waals surface area contributed by atoms with Crippen molar-refractivity contribution in [3.63, 3.8) is 0 Å². The quantitative estimate of drug-likeness (QED) is 0.379. The summed E-state index contributed by atoms with van der Waals surface area (Å²) in [6.45, 7) is 1.97. The molecule has 1 aromatic carbocycles. The van der Waals surface area contributed by atoms with Gasteiger partial charge in [-0.1, -0.05) is 0 Å². The summed E-state index contributed by atoms with van der Waals surface area (Å²) in [6, 6.07) is 4.54. The summed E-state index contributed by atoms with van der Waals surface area (Å²) in [5.74, 6) is -0.395. The highest BCUT2D eigenvalue weighted by Crippen LogP contribution is 2.17. The fourth-order valence-corrected chi connectivity index (χ4v) is 1.52. The summed E-state index contributed by atoms with van der Waals surface area (Å²) in [5, 5.41) is 0. The van der Waals surface area contributed by atoms with Gasteiger partial charge >= 0.3 is 5.97 Å². The largest absolute Gasteiger partial charge is 0.462 e. The van der Waals surface area contributed by atoms with E-state index in [0.717, 1.165) is 0 Å². The monoisotopic (exact) mass is 255 g/mol. The second-order valence-electron chi connectivity index (χ2n) is 3.38. The normalized spacial score (nSPS) is 10.0. The molecule has 1 rings (SSSR count). The molecule has 0 atom stereocenters. The number of anilines is 1. The van der Waals surface area contributed by atoms with Crippen LogP contribution in [0.15, 0.2) is 18.2 Å². The summed E-state index contributed by atoms with van der Waals surface area (Å²) in [4.78, 5) is 23.2. The van der Waals surface area contributed by atoms with Gasteiger partial charge in [-0.2, -0.15) is 0 Å². The number of halogens is 1. The van der Waals surface area contributed by atoms with E-state index >= 15 is 0 Å². The number of rotatable bonds is 5. The van der Waals surface area contributed by atoms with Crippen LogP contribution in [0.25, 0.3) is 0 Å². The molecule has 5 heteroatoms. The van der Waals surface area contributed by atoms with Crippen LogP contribution < -0.4 is 5.73 Å². The predicted octanol–water partition coefficient (Wildman–Crippen LogP) is 2.26. The first-order valence-corrected chi connectivity index (χ1v) is 5.79. The number of hydrogen-bond acceptors (Lipinski definition) is 4. The summed E-state index contributed by atoms with van der Waals surface area (Å²) >= 11 is 5.49. The van der Waals surface area contributed by atoms with E-state index in [1.807, 2.05) is 0 Å². The molecule has 0 amide bonds. The van der Waals surface area contributed by atoms with Gasteiger partial charge < -0.3 is 10.5 Å². The smallest absolute Gasteiger partial charge is 0.340 e. The van der Waals surface area contributed by atoms with Gasteiger partial charge in [0.25, 0.3) is 0 Å². The van der Waals surface area contributed by atoms with E-state index in [1.165, 1.54) is 12.1 Å². The maximum Gasteiger partial charge on any atom is 0.340 e. The third-order valence-corrected chi connectivity index (χ3v) is 2.38. The van der Waals surface area contributed by atoms with Gasteiger partial charge in [-0.05, 0) is 25.1 Å². The standard InChI is InChI=1S/C12H14ClNO3/c1-2-17-12(16)9-7-8(3-4-10(9)14)11(15)5-6-13/h3-4,7H,2,5-6,14H2,1H3. The molecule has 0 bridgehead atoms. The first kappa shape index (κ1) is 13.5. The summed E-state index contributed by atoms with van der Waals surface area (Å²) in [5.41, 5.74) is 6.59. The van der Waals surface area contributed by atoms with E-state index in [9.17, 15) is 9.59 Å². The number of esters is 1. The number of alkyl halides is 1. The van der Waals surface area contributed by atoms with Crippen LogP contribution >= 0.6 is 11.6 Å². The lowest BCUT2D eigenvalue weighted by Gasteiger charge is -2.07. The van der Waals surface area contributed by atoms with E-state index in [2.05, 4.69) is 0 Å². The zero-order valence-electron chi connectivity index (χ0n) is 9.53. The van der Waals surface area contributed by atoms with Crippen molar-refractivity contribution in [3.05, 3.63) is 29.3 Å². The minimum atomic E-state index is -0.523. The molecule has 0 heterocycles. The van der Waals surface area contributed by atoms with Gasteiger partial charge in [0.05, 0.1) is 12.2 Å². The summed E-state index contributed by atoms with van der Waals surface area (Å²) in [7, 11) is 0. The Hall–Kier alpha value is -1.55. The Morgan fingerprint density at radius 1 is 1.41 bits per heavy atom. The fraction of sp³-hybridized carbons (Fsp3) is 0.333. The molecule has 0 unspecified atom stereocenters. The molecule has 0 aliphatic heterocycles. The lowest BCUT2D eigenvalue weighted by atomic mass is 10.0. The Morgan fingerprint density at radius 2 is 2.12 bits per heavy atom. The summed E-state index contributed by atoms with van der Waals surface area (Å²) in [6.07, 6.45) is 0.230. The van der Waals surface area contributed by atoms with E-state index in [0.29, 0.717) is 11.3 Å². The molecule has 0 aromatic heterocycles. The van der Waals surface area contributed by atoms with Crippen LogP contribution in [-0.2, 0) is 4.74 Å². The SMILES string of the molecule is CCOC(=O)c1cc(C(=O)CCCl)ccc1N. The van der Waals surface area contributed by atoms with Crippen molar-refractivity contribution < 1.29 is 14.3 Å². The van der Waals surface area contributed by atoms with Crippen LogP contribution in [0.3, 0.4) is 0 Å². The fourth-order valence-electron chi connectivity index (χ4n) is 1.35. The number of benzene rings is 1. The van der Waals surface area contributed by atoms with Crippen LogP contribution in [-0.4, -0.2) is 24.2 Å². The Kier molecular flexibility index (Phi) is 4.97. The van der Waals surface area contributed by atoms with Gasteiger partial charge in [-0.25, -0.2) is 4.79 Å². The number of ketones is 1. The number of carbonyl (C=O) groups is 2. The van der Waals surface area contributed by atoms with Crippen molar-refractivity contribution in [1.29, 1.82) is 0 Å². The number of nitrogen functional groups attached to an aromatic ring is 1. The average molecular weight is 256 g/mol. The van der Waals surface area contributed by atoms with Crippen LogP contribution in [0.5, 0.6) is 0 Å². The molecule has 0 aliphatic carbocycles. The van der Waals surface area contributed by atoms with E-state index in [1.54, 1.807) is 13.0 Å². The minimum Gasteiger partial charge on any atom is -0.462 e. The second kappa shape index (κ2) is 6.25. The third kappa shape index (κ3) is 3.46. The summed E-state index contributed by atoms with van der Waals surface area (Å²) < 4.78 is 4.85. The number of ether oxygens (including phenoxy) is 1. The molecule has 92 valence electrons. The van der Waals surface area contributed by atoms with Crippen molar-refractivity contribution >= 4 is 29.0 Å². The van der Waals surface area contributed by atoms with Crippen molar-refractivity contribution in [3.8, 4) is 0 Å². The molecule has 0 aliphatic rings. The first-order chi connectivity index (χ1) is 8.10. The Bertz CT molecular complexity index is 432. The third-order valence-electron chi connectivity index (χ3n) is 2.19. The highest BCUT2D eigenvalue weighted by molar-refractivity contribution is 6.19. The number of nitrogens with two attached hydrogens (primary N) is 1. The van der Waals surface area contributed by atoms with Crippen LogP contribution in [0.1, 0.15) is 34.1 Å². The maximum atomic E-state index is 11.6. The molecule has 2 N–H and O–H groups in total. The van der Waals surface area contributed by atoms with Gasteiger partial charge in [0.2, 0.25) is 0 Å². The zero-order valence-corrected chi connectivity index (χ0v) is 10.3. The predicted molar refractivity (Wildman–Crippen MR) is 66.5 cm³/mol. The molecule has 17 heavy (non-hydrogen) atoms. The highest BCUT2D eigenvalue weighted by atomic mass is 35.5. The van der Waals surface area contributed by atoms with Gasteiger partial charge in [0.15, 0.2) is 5.78 Å². The molecular formula is C12H14ClNO3. The van der Waals surface area contributed by atoms with Crippen molar-refractivity contribution in [1.82, 2.24) is 0 Å². The van der Waals surface area contributed by atoms with E-state index in [4.69, 9.17) is 22.1 Å². The highest BCUT2D eigenvalue weighted by Gasteiger charge is 2.14. The molecule has 0 radical (unpaired) electrons. The zero-order chi connectivity index (χ0) is 12.8. The Balaban J connectivity index is 3.02. The van der Waals surface area contributed by atoms with Gasteiger partial charge in [0.1, 0.15) is 0 Å². The lowest BCUT2D eigenvalue weighted by molar-refractivity contribution is 0.0527. The number of carbonyl (C=O) groups excluding carboxylic acids is 2. The van der Waals surface area contributed by atoms with Crippen molar-refractivity contribution in [2.45, 2.75) is 13.3 Å². The molecule has 0 saturated heterocycles. The van der Waals surface area contributed by atoms with Crippen LogP contribution in [0.2, 0.25) is 0 Å². The number of Topliss-reactive ketones (excluding diaryl/α,β-unsaturated/α-hetero) is 1. The lowest BCUT2D eigenvalue weighted by Crippen LogP contribution is -2.10. The van der Waals surface area contributed by atoms with Crippen LogP contribution in [0.4, 0.5) is 5.69 Å². The van der Waals surface area contributed by atoms with Crippen LogP contribution in [0, 0.1) is 0 Å². The van der Waals surface area contributed by atoms with Crippen molar-refractivity contribution in [2.75, 3.05) is 18.2 Å². The molecule has 0 saturated carbocycles. The molecule has 1 aromatic rings. The topological polar surface area (TPSA) is 69.4 Å². The first-order valence-electron chi connectivity index (χ1n) is 5.26. The molecule has 0 spiro atoms. The van der Waals surface area contributed by atoms with Crippen molar-refractivity contribution in [2.24, 2.45) is 0 Å². The second-order valence-corrected chi connectivity index (χ2v) is 3.76. The van der Waals surface area contributed by atoms with Gasteiger partial charge in [-0.3, -0.25) is 4.79 Å².